The third kappa shape index (κ3) is 6.82. The van der Waals surface area contributed by atoms with Crippen LogP contribution in [0.4, 0.5) is 11.4 Å². The molecule has 0 aliphatic carbocycles. The van der Waals surface area contributed by atoms with E-state index >= 15 is 0 Å². The van der Waals surface area contributed by atoms with E-state index in [0.717, 1.165) is 5.56 Å². The third-order valence-corrected chi connectivity index (χ3v) is 4.84. The molecule has 0 atom stereocenters. The van der Waals surface area contributed by atoms with Crippen molar-refractivity contribution in [3.63, 3.8) is 0 Å². The minimum absolute atomic E-state index is 0.213. The molecule has 0 bridgehead atoms. The molecule has 170 valence electrons. The molecule has 0 saturated carbocycles. The standard InChI is InChI=1S/C25H23ClN2O5/c1-3-32-25(31)18-4-9-20(10-5-18)27-23(29)15-33-21-11-6-17(7-12-21)24(30)28-22-13-8-19(26)14-16(22)2/h4-14H,3,15H2,1-2H3,(H,27,29)(H,28,30). The van der Waals surface area contributed by atoms with Crippen LogP contribution in [-0.4, -0.2) is 31.0 Å². The van der Waals surface area contributed by atoms with Gasteiger partial charge in [0.1, 0.15) is 5.75 Å². The number of rotatable bonds is 8. The fraction of sp³-hybridized carbons (Fsp3) is 0.160. The lowest BCUT2D eigenvalue weighted by atomic mass is 10.1. The predicted molar refractivity (Wildman–Crippen MR) is 127 cm³/mol. The lowest BCUT2D eigenvalue weighted by Crippen LogP contribution is -2.20. The van der Waals surface area contributed by atoms with Gasteiger partial charge in [-0.3, -0.25) is 9.59 Å². The Balaban J connectivity index is 1.50. The zero-order valence-electron chi connectivity index (χ0n) is 18.2. The number of anilines is 2. The highest BCUT2D eigenvalue weighted by Gasteiger charge is 2.10. The number of aryl methyl sites for hydroxylation is 1. The van der Waals surface area contributed by atoms with Crippen LogP contribution in [0.2, 0.25) is 5.02 Å². The summed E-state index contributed by atoms with van der Waals surface area (Å²) in [6, 6.07) is 18.1. The number of esters is 1. The summed E-state index contributed by atoms with van der Waals surface area (Å²) in [5.41, 5.74) is 2.92. The zero-order chi connectivity index (χ0) is 23.8. The smallest absolute Gasteiger partial charge is 0.338 e. The van der Waals surface area contributed by atoms with Crippen molar-refractivity contribution in [1.82, 2.24) is 0 Å². The summed E-state index contributed by atoms with van der Waals surface area (Å²) >= 11 is 5.94. The van der Waals surface area contributed by atoms with Crippen molar-refractivity contribution >= 4 is 40.8 Å². The van der Waals surface area contributed by atoms with Gasteiger partial charge < -0.3 is 20.1 Å². The van der Waals surface area contributed by atoms with Crippen molar-refractivity contribution in [2.45, 2.75) is 13.8 Å². The molecule has 0 aromatic heterocycles. The fourth-order valence-electron chi connectivity index (χ4n) is 2.91. The average Bonchev–Trinajstić information content (AvgIpc) is 2.80. The average molecular weight is 467 g/mol. The Bertz CT molecular complexity index is 1140. The van der Waals surface area contributed by atoms with Crippen molar-refractivity contribution in [2.24, 2.45) is 0 Å². The first-order valence-electron chi connectivity index (χ1n) is 10.2. The van der Waals surface area contributed by atoms with Crippen LogP contribution in [0.25, 0.3) is 0 Å². The Kier molecular flexibility index (Phi) is 8.05. The first-order valence-corrected chi connectivity index (χ1v) is 10.6. The monoisotopic (exact) mass is 466 g/mol. The number of carbonyl (C=O) groups excluding carboxylic acids is 3. The molecule has 0 radical (unpaired) electrons. The number of benzene rings is 3. The van der Waals surface area contributed by atoms with E-state index in [0.29, 0.717) is 39.9 Å². The first-order chi connectivity index (χ1) is 15.9. The Morgan fingerprint density at radius 1 is 0.879 bits per heavy atom. The van der Waals surface area contributed by atoms with Gasteiger partial charge in [0.05, 0.1) is 12.2 Å². The molecule has 3 rings (SSSR count). The third-order valence-electron chi connectivity index (χ3n) is 4.60. The normalized spacial score (nSPS) is 10.3. The van der Waals surface area contributed by atoms with Gasteiger partial charge in [-0.2, -0.15) is 0 Å². The van der Waals surface area contributed by atoms with Gasteiger partial charge >= 0.3 is 5.97 Å². The minimum atomic E-state index is -0.417. The van der Waals surface area contributed by atoms with Gasteiger partial charge in [-0.05, 0) is 86.1 Å². The maximum atomic E-state index is 12.5. The number of halogens is 1. The second-order valence-electron chi connectivity index (χ2n) is 7.07. The topological polar surface area (TPSA) is 93.7 Å². The fourth-order valence-corrected chi connectivity index (χ4v) is 3.14. The van der Waals surface area contributed by atoms with Crippen LogP contribution in [0.15, 0.2) is 66.7 Å². The molecule has 3 aromatic carbocycles. The molecule has 2 amide bonds. The Morgan fingerprint density at radius 3 is 2.18 bits per heavy atom. The van der Waals surface area contributed by atoms with E-state index in [1.165, 1.54) is 0 Å². The highest BCUT2D eigenvalue weighted by atomic mass is 35.5. The van der Waals surface area contributed by atoms with Crippen molar-refractivity contribution in [1.29, 1.82) is 0 Å². The van der Waals surface area contributed by atoms with Gasteiger partial charge in [-0.15, -0.1) is 0 Å². The predicted octanol–water partition coefficient (Wildman–Crippen LogP) is 5.09. The number of nitrogens with one attached hydrogen (secondary N) is 2. The van der Waals surface area contributed by atoms with Crippen molar-refractivity contribution in [3.8, 4) is 5.75 Å². The summed E-state index contributed by atoms with van der Waals surface area (Å²) in [5.74, 6) is -0.601. The SMILES string of the molecule is CCOC(=O)c1ccc(NC(=O)COc2ccc(C(=O)Nc3ccc(Cl)cc3C)cc2)cc1. The van der Waals surface area contributed by atoms with Crippen LogP contribution < -0.4 is 15.4 Å². The van der Waals surface area contributed by atoms with E-state index in [9.17, 15) is 14.4 Å². The molecule has 33 heavy (non-hydrogen) atoms. The van der Waals surface area contributed by atoms with E-state index in [1.807, 2.05) is 6.92 Å². The van der Waals surface area contributed by atoms with E-state index < -0.39 is 5.97 Å². The number of carbonyl (C=O) groups is 3. The first kappa shape index (κ1) is 23.8. The van der Waals surface area contributed by atoms with Crippen LogP contribution in [0.3, 0.4) is 0 Å². The van der Waals surface area contributed by atoms with Crippen LogP contribution in [-0.2, 0) is 9.53 Å². The minimum Gasteiger partial charge on any atom is -0.484 e. The molecule has 0 aliphatic heterocycles. The van der Waals surface area contributed by atoms with Crippen molar-refractivity contribution in [3.05, 3.63) is 88.4 Å². The van der Waals surface area contributed by atoms with Gasteiger partial charge in [0.15, 0.2) is 6.61 Å². The second kappa shape index (κ2) is 11.2. The second-order valence-corrected chi connectivity index (χ2v) is 7.51. The van der Waals surface area contributed by atoms with E-state index in [-0.39, 0.29) is 18.4 Å². The summed E-state index contributed by atoms with van der Waals surface area (Å²) in [6.45, 7) is 3.67. The number of hydrogen-bond donors (Lipinski definition) is 2. The van der Waals surface area contributed by atoms with Crippen molar-refractivity contribution < 1.29 is 23.9 Å². The van der Waals surface area contributed by atoms with Gasteiger partial charge in [-0.1, -0.05) is 11.6 Å². The van der Waals surface area contributed by atoms with Crippen LogP contribution >= 0.6 is 11.6 Å². The van der Waals surface area contributed by atoms with Crippen LogP contribution in [0.1, 0.15) is 33.2 Å². The largest absolute Gasteiger partial charge is 0.484 e. The van der Waals surface area contributed by atoms with Crippen molar-refractivity contribution in [2.75, 3.05) is 23.8 Å². The highest BCUT2D eigenvalue weighted by Crippen LogP contribution is 2.21. The molecule has 0 unspecified atom stereocenters. The zero-order valence-corrected chi connectivity index (χ0v) is 18.9. The molecule has 0 fully saturated rings. The van der Waals surface area contributed by atoms with Gasteiger partial charge in [0.2, 0.25) is 0 Å². The summed E-state index contributed by atoms with van der Waals surface area (Å²) < 4.78 is 10.4. The lowest BCUT2D eigenvalue weighted by molar-refractivity contribution is -0.118. The number of amides is 2. The van der Waals surface area contributed by atoms with Gasteiger partial charge in [-0.25, -0.2) is 4.79 Å². The maximum absolute atomic E-state index is 12.5. The maximum Gasteiger partial charge on any atom is 0.338 e. The Labute approximate surface area is 196 Å². The van der Waals surface area contributed by atoms with Crippen LogP contribution in [0.5, 0.6) is 5.75 Å². The Morgan fingerprint density at radius 2 is 1.55 bits per heavy atom. The van der Waals surface area contributed by atoms with E-state index in [2.05, 4.69) is 10.6 Å². The molecule has 8 heteroatoms. The molecular formula is C25H23ClN2O5. The lowest BCUT2D eigenvalue weighted by Gasteiger charge is -2.10. The van der Waals surface area contributed by atoms with E-state index in [4.69, 9.17) is 21.1 Å². The molecule has 0 saturated heterocycles. The molecule has 0 heterocycles. The van der Waals surface area contributed by atoms with Gasteiger partial charge in [0, 0.05) is 22.0 Å². The summed E-state index contributed by atoms with van der Waals surface area (Å²) in [5, 5.41) is 6.13. The Hall–Kier alpha value is -3.84. The van der Waals surface area contributed by atoms with Crippen LogP contribution in [0, 0.1) is 6.92 Å². The summed E-state index contributed by atoms with van der Waals surface area (Å²) in [7, 11) is 0. The molecular weight excluding hydrogens is 444 g/mol. The summed E-state index contributed by atoms with van der Waals surface area (Å²) in [6.07, 6.45) is 0. The molecule has 7 nitrogen and oxygen atoms in total. The molecule has 2 N–H and O–H groups in total. The molecule has 3 aromatic rings. The van der Waals surface area contributed by atoms with E-state index in [1.54, 1.807) is 73.7 Å². The molecule has 0 spiro atoms. The van der Waals surface area contributed by atoms with Gasteiger partial charge in [0.25, 0.3) is 11.8 Å². The quantitative estimate of drug-likeness (QED) is 0.451. The number of hydrogen-bond acceptors (Lipinski definition) is 5. The molecule has 0 aliphatic rings. The highest BCUT2D eigenvalue weighted by molar-refractivity contribution is 6.30. The summed E-state index contributed by atoms with van der Waals surface area (Å²) in [4.78, 5) is 36.3. The number of ether oxygens (including phenoxy) is 2.